The summed E-state index contributed by atoms with van der Waals surface area (Å²) >= 11 is 0. The number of rotatable bonds is 9. The lowest BCUT2D eigenvalue weighted by Gasteiger charge is -2.35. The van der Waals surface area contributed by atoms with Gasteiger partial charge in [-0.15, -0.1) is 0 Å². The van der Waals surface area contributed by atoms with Crippen LogP contribution in [0.3, 0.4) is 0 Å². The van der Waals surface area contributed by atoms with E-state index in [1.165, 1.54) is 44.2 Å². The van der Waals surface area contributed by atoms with E-state index in [0.717, 1.165) is 19.5 Å². The fourth-order valence-electron chi connectivity index (χ4n) is 4.07. The number of hydrogen-bond acceptors (Lipinski definition) is 3. The van der Waals surface area contributed by atoms with Crippen molar-refractivity contribution in [3.8, 4) is 0 Å². The highest BCUT2D eigenvalue weighted by Gasteiger charge is 2.27. The fourth-order valence-corrected chi connectivity index (χ4v) is 4.07. The molecule has 150 valence electrons. The van der Waals surface area contributed by atoms with Crippen LogP contribution in [0.25, 0.3) is 0 Å². The molecule has 0 bridgehead atoms. The normalized spacial score (nSPS) is 18.5. The monoisotopic (exact) mass is 379 g/mol. The van der Waals surface area contributed by atoms with Crippen LogP contribution < -0.4 is 0 Å². The zero-order valence-corrected chi connectivity index (χ0v) is 17.1. The Balaban J connectivity index is 1.35. The zero-order valence-electron chi connectivity index (χ0n) is 17.1. The van der Waals surface area contributed by atoms with Crippen molar-refractivity contribution in [2.75, 3.05) is 19.6 Å². The van der Waals surface area contributed by atoms with E-state index in [-0.39, 0.29) is 12.1 Å². The highest BCUT2D eigenvalue weighted by molar-refractivity contribution is 5.89. The molecule has 1 heterocycles. The van der Waals surface area contributed by atoms with Crippen LogP contribution in [0.15, 0.2) is 60.7 Å². The average Bonchev–Trinajstić information content (AvgIpc) is 2.75. The van der Waals surface area contributed by atoms with Gasteiger partial charge in [0.15, 0.2) is 0 Å². The van der Waals surface area contributed by atoms with Crippen molar-refractivity contribution in [1.82, 2.24) is 4.90 Å². The molecule has 3 rings (SSSR count). The van der Waals surface area contributed by atoms with Gasteiger partial charge in [0.1, 0.15) is 6.10 Å². The highest BCUT2D eigenvalue weighted by Crippen LogP contribution is 2.23. The Kier molecular flexibility index (Phi) is 8.10. The predicted molar refractivity (Wildman–Crippen MR) is 114 cm³/mol. The number of aryl methyl sites for hydroxylation is 1. The number of carbonyl (C=O) groups excluding carboxylic acids is 1. The van der Waals surface area contributed by atoms with Gasteiger partial charge in [0.2, 0.25) is 0 Å². The molecular formula is C25H33NO2. The van der Waals surface area contributed by atoms with Crippen LogP contribution in [0.5, 0.6) is 0 Å². The molecule has 3 nitrogen and oxygen atoms in total. The summed E-state index contributed by atoms with van der Waals surface area (Å²) in [7, 11) is 0. The summed E-state index contributed by atoms with van der Waals surface area (Å²) in [5.74, 6) is 0.233. The minimum absolute atomic E-state index is 0.0337. The lowest BCUT2D eigenvalue weighted by Crippen LogP contribution is -2.41. The van der Waals surface area contributed by atoms with E-state index in [4.69, 9.17) is 4.74 Å². The zero-order chi connectivity index (χ0) is 19.6. The summed E-state index contributed by atoms with van der Waals surface area (Å²) in [4.78, 5) is 14.9. The van der Waals surface area contributed by atoms with Crippen molar-refractivity contribution in [2.24, 2.45) is 5.92 Å². The van der Waals surface area contributed by atoms with Crippen molar-refractivity contribution in [3.63, 3.8) is 0 Å². The molecule has 0 saturated carbocycles. The lowest BCUT2D eigenvalue weighted by atomic mass is 9.93. The van der Waals surface area contributed by atoms with Crippen LogP contribution in [0.2, 0.25) is 0 Å². The SMILES string of the molecule is CC(OC(=O)c1ccccc1)C1CCCN(CCCCCc2ccccc2)C1. The number of likely N-dealkylation sites (tertiary alicyclic amines) is 1. The van der Waals surface area contributed by atoms with E-state index < -0.39 is 0 Å². The Morgan fingerprint density at radius 2 is 1.75 bits per heavy atom. The van der Waals surface area contributed by atoms with Gasteiger partial charge in [-0.05, 0) is 69.8 Å². The highest BCUT2D eigenvalue weighted by atomic mass is 16.5. The second-order valence-electron chi connectivity index (χ2n) is 7.98. The maximum absolute atomic E-state index is 12.3. The number of esters is 1. The Morgan fingerprint density at radius 3 is 2.50 bits per heavy atom. The van der Waals surface area contributed by atoms with E-state index in [9.17, 15) is 4.79 Å². The van der Waals surface area contributed by atoms with Crippen LogP contribution in [0.1, 0.15) is 54.9 Å². The summed E-state index contributed by atoms with van der Waals surface area (Å²) in [5.41, 5.74) is 2.08. The Bertz CT molecular complexity index is 701. The molecule has 28 heavy (non-hydrogen) atoms. The van der Waals surface area contributed by atoms with Crippen molar-refractivity contribution >= 4 is 5.97 Å². The third kappa shape index (κ3) is 6.49. The Morgan fingerprint density at radius 1 is 1.04 bits per heavy atom. The van der Waals surface area contributed by atoms with Crippen molar-refractivity contribution in [2.45, 2.75) is 51.6 Å². The predicted octanol–water partition coefficient (Wildman–Crippen LogP) is 5.36. The minimum atomic E-state index is -0.203. The third-order valence-electron chi connectivity index (χ3n) is 5.79. The molecular weight excluding hydrogens is 346 g/mol. The number of carbonyl (C=O) groups is 1. The molecule has 2 unspecified atom stereocenters. The number of benzene rings is 2. The van der Waals surface area contributed by atoms with Gasteiger partial charge in [-0.25, -0.2) is 4.79 Å². The molecule has 0 aromatic heterocycles. The van der Waals surface area contributed by atoms with Crippen LogP contribution >= 0.6 is 0 Å². The van der Waals surface area contributed by atoms with E-state index >= 15 is 0 Å². The topological polar surface area (TPSA) is 29.5 Å². The molecule has 0 radical (unpaired) electrons. The second-order valence-corrected chi connectivity index (χ2v) is 7.98. The number of nitrogens with zero attached hydrogens (tertiary/aromatic N) is 1. The van der Waals surface area contributed by atoms with Crippen molar-refractivity contribution in [1.29, 1.82) is 0 Å². The largest absolute Gasteiger partial charge is 0.459 e. The number of unbranched alkanes of at least 4 members (excludes halogenated alkanes) is 2. The summed E-state index contributed by atoms with van der Waals surface area (Å²) in [6.07, 6.45) is 7.26. The summed E-state index contributed by atoms with van der Waals surface area (Å²) in [5, 5.41) is 0. The molecule has 1 saturated heterocycles. The van der Waals surface area contributed by atoms with E-state index in [0.29, 0.717) is 11.5 Å². The minimum Gasteiger partial charge on any atom is -0.459 e. The van der Waals surface area contributed by atoms with Gasteiger partial charge in [0.05, 0.1) is 5.56 Å². The molecule has 0 N–H and O–H groups in total. The number of ether oxygens (including phenoxy) is 1. The van der Waals surface area contributed by atoms with Gasteiger partial charge in [0, 0.05) is 12.5 Å². The Hall–Kier alpha value is -2.13. The quantitative estimate of drug-likeness (QED) is 0.434. The first-order chi connectivity index (χ1) is 13.7. The third-order valence-corrected chi connectivity index (χ3v) is 5.79. The molecule has 2 aromatic rings. The first kappa shape index (κ1) is 20.6. The smallest absolute Gasteiger partial charge is 0.338 e. The maximum Gasteiger partial charge on any atom is 0.338 e. The van der Waals surface area contributed by atoms with Gasteiger partial charge in [-0.1, -0.05) is 55.0 Å². The van der Waals surface area contributed by atoms with Gasteiger partial charge in [-0.2, -0.15) is 0 Å². The molecule has 0 spiro atoms. The fraction of sp³-hybridized carbons (Fsp3) is 0.480. The summed E-state index contributed by atoms with van der Waals surface area (Å²) < 4.78 is 5.75. The van der Waals surface area contributed by atoms with Crippen LogP contribution in [0.4, 0.5) is 0 Å². The first-order valence-corrected chi connectivity index (χ1v) is 10.7. The number of hydrogen-bond donors (Lipinski definition) is 0. The van der Waals surface area contributed by atoms with Crippen molar-refractivity contribution < 1.29 is 9.53 Å². The molecule has 0 amide bonds. The van der Waals surface area contributed by atoms with Gasteiger partial charge in [-0.3, -0.25) is 0 Å². The summed E-state index contributed by atoms with van der Waals surface area (Å²) in [6, 6.07) is 20.1. The van der Waals surface area contributed by atoms with Crippen LogP contribution in [0, 0.1) is 5.92 Å². The van der Waals surface area contributed by atoms with E-state index in [1.807, 2.05) is 30.3 Å². The molecule has 1 fully saturated rings. The molecule has 1 aliphatic heterocycles. The van der Waals surface area contributed by atoms with Crippen molar-refractivity contribution in [3.05, 3.63) is 71.8 Å². The molecule has 2 aromatic carbocycles. The standard InChI is InChI=1S/C25H33NO2/c1-21(28-25(27)23-15-8-3-9-16-23)24-17-11-19-26(20-24)18-10-4-7-14-22-12-5-2-6-13-22/h2-3,5-6,8-9,12-13,15-16,21,24H,4,7,10-11,14,17-20H2,1H3. The lowest BCUT2D eigenvalue weighted by molar-refractivity contribution is 0.00522. The second kappa shape index (κ2) is 11.0. The molecule has 1 aliphatic rings. The molecule has 2 atom stereocenters. The van der Waals surface area contributed by atoms with Crippen LogP contribution in [-0.2, 0) is 11.2 Å². The number of piperidine rings is 1. The maximum atomic E-state index is 12.3. The first-order valence-electron chi connectivity index (χ1n) is 10.7. The molecule has 0 aliphatic carbocycles. The average molecular weight is 380 g/mol. The Labute approximate surface area is 169 Å². The van der Waals surface area contributed by atoms with E-state index in [1.54, 1.807) is 0 Å². The van der Waals surface area contributed by atoms with Gasteiger partial charge in [0.25, 0.3) is 0 Å². The van der Waals surface area contributed by atoms with Crippen LogP contribution in [-0.4, -0.2) is 36.6 Å². The molecule has 3 heteroatoms. The van der Waals surface area contributed by atoms with Gasteiger partial charge >= 0.3 is 5.97 Å². The van der Waals surface area contributed by atoms with E-state index in [2.05, 4.69) is 42.2 Å². The van der Waals surface area contributed by atoms with Gasteiger partial charge < -0.3 is 9.64 Å². The summed E-state index contributed by atoms with van der Waals surface area (Å²) in [6.45, 7) is 5.43.